The van der Waals surface area contributed by atoms with E-state index in [9.17, 15) is 4.79 Å². The number of unbranched alkanes of at least 4 members (excludes halogenated alkanes) is 1. The first-order valence-corrected chi connectivity index (χ1v) is 5.14. The zero-order valence-electron chi connectivity index (χ0n) is 8.74. The molecule has 0 aliphatic rings. The Labute approximate surface area is 85.6 Å². The molecule has 0 rings (SSSR count). The van der Waals surface area contributed by atoms with Crippen LogP contribution in [0, 0.1) is 0 Å². The van der Waals surface area contributed by atoms with Gasteiger partial charge in [-0.2, -0.15) is 0 Å². The van der Waals surface area contributed by atoms with Crippen molar-refractivity contribution < 1.29 is 4.79 Å². The molecule has 0 spiro atoms. The lowest BCUT2D eigenvalue weighted by Gasteiger charge is -2.21. The summed E-state index contributed by atoms with van der Waals surface area (Å²) in [5, 5.41) is 0. The van der Waals surface area contributed by atoms with Crippen molar-refractivity contribution in [1.82, 2.24) is 4.90 Å². The molecule has 0 heterocycles. The number of hydrogen-bond donors (Lipinski definition) is 3. The van der Waals surface area contributed by atoms with Crippen molar-refractivity contribution in [3.05, 3.63) is 0 Å². The molecule has 84 valence electrons. The van der Waals surface area contributed by atoms with E-state index in [-0.39, 0.29) is 12.5 Å². The van der Waals surface area contributed by atoms with Gasteiger partial charge in [-0.05, 0) is 32.4 Å². The van der Waals surface area contributed by atoms with E-state index < -0.39 is 0 Å². The van der Waals surface area contributed by atoms with Crippen molar-refractivity contribution in [1.29, 1.82) is 0 Å². The van der Waals surface area contributed by atoms with Gasteiger partial charge in [-0.3, -0.25) is 4.79 Å². The van der Waals surface area contributed by atoms with E-state index in [1.165, 1.54) is 0 Å². The molecule has 0 unspecified atom stereocenters. The van der Waals surface area contributed by atoms with Crippen molar-refractivity contribution in [2.75, 3.05) is 32.7 Å². The maximum atomic E-state index is 11.3. The maximum absolute atomic E-state index is 11.3. The Kier molecular flexibility index (Phi) is 8.51. The van der Waals surface area contributed by atoms with E-state index in [1.54, 1.807) is 4.90 Å². The lowest BCUT2D eigenvalue weighted by molar-refractivity contribution is -0.129. The normalized spacial score (nSPS) is 10.2. The summed E-state index contributed by atoms with van der Waals surface area (Å²) in [6, 6.07) is 0. The minimum atomic E-state index is -0.00419. The first-order chi connectivity index (χ1) is 6.76. The van der Waals surface area contributed by atoms with E-state index in [0.29, 0.717) is 19.6 Å². The Morgan fingerprint density at radius 1 is 0.929 bits per heavy atom. The van der Waals surface area contributed by atoms with Gasteiger partial charge in [-0.25, -0.2) is 0 Å². The fourth-order valence-corrected chi connectivity index (χ4v) is 1.22. The molecule has 0 atom stereocenters. The zero-order valence-corrected chi connectivity index (χ0v) is 8.74. The third-order valence-electron chi connectivity index (χ3n) is 2.04. The molecule has 5 heteroatoms. The van der Waals surface area contributed by atoms with Crippen LogP contribution in [0.2, 0.25) is 0 Å². The summed E-state index contributed by atoms with van der Waals surface area (Å²) in [4.78, 5) is 13.1. The second-order valence-electron chi connectivity index (χ2n) is 3.22. The van der Waals surface area contributed by atoms with Gasteiger partial charge < -0.3 is 22.1 Å². The third-order valence-corrected chi connectivity index (χ3v) is 2.04. The largest absolute Gasteiger partial charge is 0.342 e. The molecule has 14 heavy (non-hydrogen) atoms. The minimum Gasteiger partial charge on any atom is -0.342 e. The van der Waals surface area contributed by atoms with Gasteiger partial charge in [0, 0.05) is 13.1 Å². The molecule has 0 saturated carbocycles. The average molecular weight is 202 g/mol. The number of carbonyl (C=O) groups is 1. The van der Waals surface area contributed by atoms with Crippen LogP contribution in [0.5, 0.6) is 0 Å². The minimum absolute atomic E-state index is 0.00419. The Bertz CT molecular complexity index is 152. The molecule has 1 amide bonds. The van der Waals surface area contributed by atoms with Gasteiger partial charge in [0.15, 0.2) is 0 Å². The van der Waals surface area contributed by atoms with Gasteiger partial charge in [0.2, 0.25) is 5.91 Å². The predicted octanol–water partition coefficient (Wildman–Crippen LogP) is -1.14. The molecule has 6 N–H and O–H groups in total. The van der Waals surface area contributed by atoms with Crippen LogP contribution in [-0.4, -0.2) is 43.5 Å². The van der Waals surface area contributed by atoms with Crippen molar-refractivity contribution in [2.24, 2.45) is 17.2 Å². The first kappa shape index (κ1) is 13.4. The fraction of sp³-hybridized carbons (Fsp3) is 0.889. The summed E-state index contributed by atoms with van der Waals surface area (Å²) in [5.41, 5.74) is 16.1. The summed E-state index contributed by atoms with van der Waals surface area (Å²) >= 11 is 0. The number of amides is 1. The molecular formula is C9H22N4O. The average Bonchev–Trinajstić information content (AvgIpc) is 2.22. The van der Waals surface area contributed by atoms with Crippen LogP contribution in [-0.2, 0) is 4.79 Å². The van der Waals surface area contributed by atoms with Crippen LogP contribution < -0.4 is 17.2 Å². The molecule has 0 saturated heterocycles. The highest BCUT2D eigenvalue weighted by atomic mass is 16.2. The molecule has 0 aliphatic heterocycles. The van der Waals surface area contributed by atoms with Crippen LogP contribution >= 0.6 is 0 Å². The second kappa shape index (κ2) is 8.93. The molecular weight excluding hydrogens is 180 g/mol. The van der Waals surface area contributed by atoms with Crippen molar-refractivity contribution >= 4 is 5.91 Å². The number of nitrogens with two attached hydrogens (primary N) is 3. The van der Waals surface area contributed by atoms with Crippen LogP contribution in [0.1, 0.15) is 19.3 Å². The Morgan fingerprint density at radius 2 is 1.50 bits per heavy atom. The predicted molar refractivity (Wildman–Crippen MR) is 57.6 cm³/mol. The summed E-state index contributed by atoms with van der Waals surface area (Å²) in [5.74, 6) is -0.00419. The smallest absolute Gasteiger partial charge is 0.236 e. The van der Waals surface area contributed by atoms with Crippen LogP contribution in [0.15, 0.2) is 0 Å². The van der Waals surface area contributed by atoms with E-state index in [2.05, 4.69) is 0 Å². The number of carbonyl (C=O) groups excluding carboxylic acids is 1. The Hall–Kier alpha value is -0.650. The van der Waals surface area contributed by atoms with Crippen LogP contribution in [0.3, 0.4) is 0 Å². The van der Waals surface area contributed by atoms with Gasteiger partial charge >= 0.3 is 0 Å². The summed E-state index contributed by atoms with van der Waals surface area (Å²) in [7, 11) is 0. The molecule has 5 nitrogen and oxygen atoms in total. The Morgan fingerprint density at radius 3 is 2.00 bits per heavy atom. The SMILES string of the molecule is NCCCCN(CCCN)C(=O)CN. The van der Waals surface area contributed by atoms with E-state index in [4.69, 9.17) is 17.2 Å². The standard InChI is InChI=1S/C9H22N4O/c10-4-1-2-6-13(7-3-5-11)9(14)8-12/h1-8,10-12H2. The lowest BCUT2D eigenvalue weighted by atomic mass is 10.2. The van der Waals surface area contributed by atoms with Gasteiger partial charge in [0.25, 0.3) is 0 Å². The van der Waals surface area contributed by atoms with Crippen LogP contribution in [0.25, 0.3) is 0 Å². The molecule has 0 aliphatic carbocycles. The summed E-state index contributed by atoms with van der Waals surface area (Å²) < 4.78 is 0. The van der Waals surface area contributed by atoms with Gasteiger partial charge in [-0.15, -0.1) is 0 Å². The van der Waals surface area contributed by atoms with Crippen molar-refractivity contribution in [2.45, 2.75) is 19.3 Å². The van der Waals surface area contributed by atoms with E-state index in [0.717, 1.165) is 25.8 Å². The molecule has 0 aromatic heterocycles. The molecule has 0 fully saturated rings. The van der Waals surface area contributed by atoms with Crippen molar-refractivity contribution in [3.63, 3.8) is 0 Å². The van der Waals surface area contributed by atoms with Crippen molar-refractivity contribution in [3.8, 4) is 0 Å². The third kappa shape index (κ3) is 5.90. The highest BCUT2D eigenvalue weighted by Crippen LogP contribution is 1.96. The molecule has 0 radical (unpaired) electrons. The molecule has 0 bridgehead atoms. The monoisotopic (exact) mass is 202 g/mol. The zero-order chi connectivity index (χ0) is 10.8. The highest BCUT2D eigenvalue weighted by Gasteiger charge is 2.09. The lowest BCUT2D eigenvalue weighted by Crippen LogP contribution is -2.38. The topological polar surface area (TPSA) is 98.4 Å². The van der Waals surface area contributed by atoms with E-state index in [1.807, 2.05) is 0 Å². The first-order valence-electron chi connectivity index (χ1n) is 5.14. The fourth-order valence-electron chi connectivity index (χ4n) is 1.22. The van der Waals surface area contributed by atoms with Gasteiger partial charge in [-0.1, -0.05) is 0 Å². The number of hydrogen-bond acceptors (Lipinski definition) is 4. The number of rotatable bonds is 8. The highest BCUT2D eigenvalue weighted by molar-refractivity contribution is 5.77. The summed E-state index contributed by atoms with van der Waals surface area (Å²) in [6.45, 7) is 2.80. The molecule has 0 aromatic rings. The van der Waals surface area contributed by atoms with Gasteiger partial charge in [0.05, 0.1) is 6.54 Å². The van der Waals surface area contributed by atoms with E-state index >= 15 is 0 Å². The molecule has 0 aromatic carbocycles. The quantitative estimate of drug-likeness (QED) is 0.433. The second-order valence-corrected chi connectivity index (χ2v) is 3.22. The Balaban J connectivity index is 3.78. The van der Waals surface area contributed by atoms with Gasteiger partial charge in [0.1, 0.15) is 0 Å². The maximum Gasteiger partial charge on any atom is 0.236 e. The number of nitrogens with zero attached hydrogens (tertiary/aromatic N) is 1. The van der Waals surface area contributed by atoms with Crippen LogP contribution in [0.4, 0.5) is 0 Å². The summed E-state index contributed by atoms with van der Waals surface area (Å²) in [6.07, 6.45) is 2.71.